The fraction of sp³-hybridized carbons (Fsp3) is 0.308. The molecule has 1 atom stereocenters. The van der Waals surface area contributed by atoms with E-state index in [1.807, 2.05) is 71.6 Å². The first-order valence-electron chi connectivity index (χ1n) is 10.9. The number of hydrogen-bond acceptors (Lipinski definition) is 5. The number of nitrogens with zero attached hydrogens (tertiary/aromatic N) is 3. The second kappa shape index (κ2) is 10.2. The van der Waals surface area contributed by atoms with Gasteiger partial charge in [0.05, 0.1) is 13.2 Å². The topological polar surface area (TPSA) is 69.7 Å². The summed E-state index contributed by atoms with van der Waals surface area (Å²) in [5.74, 6) is 2.54. The van der Waals surface area contributed by atoms with E-state index in [0.29, 0.717) is 39.0 Å². The van der Waals surface area contributed by atoms with E-state index in [-0.39, 0.29) is 11.9 Å². The van der Waals surface area contributed by atoms with Crippen molar-refractivity contribution in [2.75, 3.05) is 33.3 Å². The summed E-state index contributed by atoms with van der Waals surface area (Å²) < 4.78 is 11.1. The van der Waals surface area contributed by atoms with Crippen molar-refractivity contribution < 1.29 is 13.9 Å². The zero-order valence-electron chi connectivity index (χ0n) is 18.2. The molecule has 1 aliphatic heterocycles. The molecule has 6 heteroatoms. The van der Waals surface area contributed by atoms with Crippen LogP contribution in [0, 0.1) is 11.3 Å². The molecule has 0 N–H and O–H groups in total. The third-order valence-electron chi connectivity index (χ3n) is 5.89. The van der Waals surface area contributed by atoms with E-state index in [1.54, 1.807) is 7.11 Å². The molecule has 0 radical (unpaired) electrons. The number of ether oxygens (including phenoxy) is 1. The molecule has 1 saturated heterocycles. The van der Waals surface area contributed by atoms with Crippen LogP contribution in [-0.2, 0) is 11.2 Å². The first-order chi connectivity index (χ1) is 15.7. The Balaban J connectivity index is 1.28. The minimum atomic E-state index is -0.322. The molecule has 4 rings (SSSR count). The maximum atomic E-state index is 12.7. The minimum Gasteiger partial charge on any atom is -0.497 e. The number of carbonyl (C=O) groups excluding carboxylic acids is 1. The smallest absolute Gasteiger partial charge is 0.223 e. The highest BCUT2D eigenvalue weighted by Gasteiger charge is 2.27. The lowest BCUT2D eigenvalue weighted by Gasteiger charge is -2.37. The number of amides is 1. The van der Waals surface area contributed by atoms with Gasteiger partial charge in [0.2, 0.25) is 5.91 Å². The van der Waals surface area contributed by atoms with Crippen LogP contribution in [0.1, 0.15) is 23.8 Å². The fourth-order valence-corrected chi connectivity index (χ4v) is 4.04. The van der Waals surface area contributed by atoms with E-state index >= 15 is 0 Å². The van der Waals surface area contributed by atoms with Crippen LogP contribution in [0.2, 0.25) is 0 Å². The van der Waals surface area contributed by atoms with Crippen molar-refractivity contribution in [1.82, 2.24) is 9.80 Å². The van der Waals surface area contributed by atoms with Gasteiger partial charge < -0.3 is 14.1 Å². The number of carbonyl (C=O) groups is 1. The van der Waals surface area contributed by atoms with Crippen molar-refractivity contribution in [1.29, 1.82) is 5.26 Å². The molecule has 1 fully saturated rings. The highest BCUT2D eigenvalue weighted by molar-refractivity contribution is 5.76. The quantitative estimate of drug-likeness (QED) is 0.560. The van der Waals surface area contributed by atoms with E-state index < -0.39 is 0 Å². The Bertz CT molecular complexity index is 1060. The normalized spacial score (nSPS) is 15.2. The number of methoxy groups -OCH3 is 1. The van der Waals surface area contributed by atoms with Gasteiger partial charge >= 0.3 is 0 Å². The average Bonchev–Trinajstić information content (AvgIpc) is 3.33. The summed E-state index contributed by atoms with van der Waals surface area (Å²) in [6, 6.07) is 23.5. The lowest BCUT2D eigenvalue weighted by molar-refractivity contribution is -0.133. The van der Waals surface area contributed by atoms with Crippen LogP contribution in [-0.4, -0.2) is 49.0 Å². The van der Waals surface area contributed by atoms with E-state index in [9.17, 15) is 10.1 Å². The third kappa shape index (κ3) is 5.01. The number of rotatable bonds is 7. The molecule has 2 aromatic carbocycles. The molecule has 0 bridgehead atoms. The Hall–Kier alpha value is -3.56. The molecule has 0 aliphatic carbocycles. The van der Waals surface area contributed by atoms with Gasteiger partial charge in [-0.2, -0.15) is 5.26 Å². The molecule has 32 heavy (non-hydrogen) atoms. The molecule has 164 valence electrons. The van der Waals surface area contributed by atoms with Crippen LogP contribution in [0.15, 0.2) is 71.1 Å². The number of hydrogen-bond donors (Lipinski definition) is 0. The largest absolute Gasteiger partial charge is 0.497 e. The van der Waals surface area contributed by atoms with Crippen LogP contribution in [0.4, 0.5) is 0 Å². The molecule has 3 aromatic rings. The minimum absolute atomic E-state index is 0.125. The highest BCUT2D eigenvalue weighted by Crippen LogP contribution is 2.25. The Labute approximate surface area is 188 Å². The summed E-state index contributed by atoms with van der Waals surface area (Å²) >= 11 is 0. The number of furan rings is 1. The molecule has 1 aliphatic rings. The Morgan fingerprint density at radius 1 is 1.03 bits per heavy atom. The molecule has 6 nitrogen and oxygen atoms in total. The Morgan fingerprint density at radius 2 is 1.75 bits per heavy atom. The van der Waals surface area contributed by atoms with Gasteiger partial charge in [-0.3, -0.25) is 9.69 Å². The summed E-state index contributed by atoms with van der Waals surface area (Å²) in [6.45, 7) is 2.60. The predicted molar refractivity (Wildman–Crippen MR) is 122 cm³/mol. The van der Waals surface area contributed by atoms with E-state index in [2.05, 4.69) is 11.0 Å². The predicted octanol–water partition coefficient (Wildman–Crippen LogP) is 4.30. The summed E-state index contributed by atoms with van der Waals surface area (Å²) in [5.41, 5.74) is 1.98. The molecule has 0 spiro atoms. The van der Waals surface area contributed by atoms with Gasteiger partial charge in [-0.25, -0.2) is 0 Å². The van der Waals surface area contributed by atoms with Crippen LogP contribution < -0.4 is 4.74 Å². The Morgan fingerprint density at radius 3 is 2.41 bits per heavy atom. The van der Waals surface area contributed by atoms with Crippen LogP contribution >= 0.6 is 0 Å². The second-order valence-electron chi connectivity index (χ2n) is 7.85. The van der Waals surface area contributed by atoms with Gasteiger partial charge in [0, 0.05) is 44.6 Å². The highest BCUT2D eigenvalue weighted by atomic mass is 16.5. The third-order valence-corrected chi connectivity index (χ3v) is 5.89. The molecule has 1 aromatic heterocycles. The maximum absolute atomic E-state index is 12.7. The van der Waals surface area contributed by atoms with Gasteiger partial charge in [-0.05, 0) is 29.8 Å². The molecular formula is C26H27N3O3. The molecular weight excluding hydrogens is 402 g/mol. The zero-order chi connectivity index (χ0) is 22.3. The summed E-state index contributed by atoms with van der Waals surface area (Å²) in [6.07, 6.45) is 1.00. The van der Waals surface area contributed by atoms with Gasteiger partial charge in [0.15, 0.2) is 0 Å². The van der Waals surface area contributed by atoms with Crippen molar-refractivity contribution >= 4 is 5.91 Å². The van der Waals surface area contributed by atoms with Crippen molar-refractivity contribution in [3.8, 4) is 23.1 Å². The number of piperazine rings is 1. The summed E-state index contributed by atoms with van der Waals surface area (Å²) in [7, 11) is 1.63. The van der Waals surface area contributed by atoms with Crippen molar-refractivity contribution in [3.05, 3.63) is 78.1 Å². The lowest BCUT2D eigenvalue weighted by atomic mass is 10.1. The van der Waals surface area contributed by atoms with Gasteiger partial charge in [-0.15, -0.1) is 0 Å². The second-order valence-corrected chi connectivity index (χ2v) is 7.85. The maximum Gasteiger partial charge on any atom is 0.223 e. The van der Waals surface area contributed by atoms with Crippen LogP contribution in [0.25, 0.3) is 11.3 Å². The first kappa shape index (κ1) is 21.7. The zero-order valence-corrected chi connectivity index (χ0v) is 18.2. The number of aryl methyl sites for hydroxylation is 1. The average molecular weight is 430 g/mol. The van der Waals surface area contributed by atoms with Gasteiger partial charge in [-0.1, -0.05) is 42.5 Å². The molecule has 2 heterocycles. The van der Waals surface area contributed by atoms with E-state index in [0.717, 1.165) is 28.4 Å². The van der Waals surface area contributed by atoms with Crippen molar-refractivity contribution in [3.63, 3.8) is 0 Å². The first-order valence-corrected chi connectivity index (χ1v) is 10.9. The fourth-order valence-electron chi connectivity index (χ4n) is 4.04. The Kier molecular flexibility index (Phi) is 6.88. The number of benzene rings is 2. The van der Waals surface area contributed by atoms with Crippen molar-refractivity contribution in [2.45, 2.75) is 18.9 Å². The number of nitriles is 1. The van der Waals surface area contributed by atoms with E-state index in [1.165, 1.54) is 0 Å². The van der Waals surface area contributed by atoms with Crippen LogP contribution in [0.5, 0.6) is 5.75 Å². The van der Waals surface area contributed by atoms with Crippen molar-refractivity contribution in [2.24, 2.45) is 0 Å². The molecule has 1 unspecified atom stereocenters. The lowest BCUT2D eigenvalue weighted by Crippen LogP contribution is -2.49. The molecule has 0 saturated carbocycles. The summed E-state index contributed by atoms with van der Waals surface area (Å²) in [5, 5.41) is 9.71. The van der Waals surface area contributed by atoms with Gasteiger partial charge in [0.25, 0.3) is 0 Å². The van der Waals surface area contributed by atoms with Crippen LogP contribution in [0.3, 0.4) is 0 Å². The SMILES string of the molecule is COc1ccc(C(C#N)N2CCN(C(=O)CCc3ccc(-c4ccccc4)o3)CC2)cc1. The summed E-state index contributed by atoms with van der Waals surface area (Å²) in [4.78, 5) is 16.7. The standard InChI is InChI=1S/C26H27N3O3/c1-31-22-9-7-20(8-10-22)24(19-27)28-15-17-29(18-16-28)26(30)14-12-23-11-13-25(32-23)21-5-3-2-4-6-21/h2-11,13,24H,12,14-18H2,1H3. The monoisotopic (exact) mass is 429 g/mol. The van der Waals surface area contributed by atoms with E-state index in [4.69, 9.17) is 9.15 Å². The molecule has 1 amide bonds. The van der Waals surface area contributed by atoms with Gasteiger partial charge in [0.1, 0.15) is 23.3 Å².